The Bertz CT molecular complexity index is 561. The lowest BCUT2D eigenvalue weighted by atomic mass is 10.0. The van der Waals surface area contributed by atoms with E-state index in [1.165, 1.54) is 5.56 Å². The molecule has 0 aliphatic carbocycles. The average molecular weight is 273 g/mol. The van der Waals surface area contributed by atoms with Gasteiger partial charge in [-0.05, 0) is 38.9 Å². The first-order valence-electron chi connectivity index (χ1n) is 7.13. The molecule has 1 atom stereocenters. The second-order valence-corrected chi connectivity index (χ2v) is 5.07. The van der Waals surface area contributed by atoms with Gasteiger partial charge in [0.25, 0.3) is 0 Å². The van der Waals surface area contributed by atoms with Crippen LogP contribution in [0.4, 0.5) is 0 Å². The molecule has 0 spiro atoms. The van der Waals surface area contributed by atoms with E-state index in [1.807, 2.05) is 18.7 Å². The largest absolute Gasteiger partial charge is 0.313 e. The van der Waals surface area contributed by atoms with E-state index in [0.717, 1.165) is 36.6 Å². The summed E-state index contributed by atoms with van der Waals surface area (Å²) in [6.45, 7) is 7.14. The smallest absolute Gasteiger partial charge is 0.138 e. The molecule has 2 aromatic rings. The van der Waals surface area contributed by atoms with Crippen LogP contribution in [0.25, 0.3) is 0 Å². The lowest BCUT2D eigenvalue weighted by molar-refractivity contribution is 0.514. The van der Waals surface area contributed by atoms with Gasteiger partial charge in [-0.15, -0.1) is 0 Å². The fourth-order valence-electron chi connectivity index (χ4n) is 2.46. The van der Waals surface area contributed by atoms with E-state index < -0.39 is 0 Å². The highest BCUT2D eigenvalue weighted by Crippen LogP contribution is 2.20. The van der Waals surface area contributed by atoms with Crippen LogP contribution in [-0.2, 0) is 13.0 Å². The van der Waals surface area contributed by atoms with Crippen molar-refractivity contribution in [1.29, 1.82) is 0 Å². The third-order valence-electron chi connectivity index (χ3n) is 3.51. The lowest BCUT2D eigenvalue weighted by Gasteiger charge is -2.18. The zero-order chi connectivity index (χ0) is 14.5. The fraction of sp³-hybridized carbons (Fsp3) is 0.533. The molecule has 0 amide bonds. The molecule has 0 saturated carbocycles. The minimum Gasteiger partial charge on any atom is -0.313 e. The second-order valence-electron chi connectivity index (χ2n) is 5.07. The van der Waals surface area contributed by atoms with Crippen LogP contribution in [0.3, 0.4) is 0 Å². The zero-order valence-electron chi connectivity index (χ0n) is 12.7. The van der Waals surface area contributed by atoms with Gasteiger partial charge in [-0.1, -0.05) is 13.0 Å². The summed E-state index contributed by atoms with van der Waals surface area (Å²) in [4.78, 5) is 8.93. The van der Waals surface area contributed by atoms with Crippen molar-refractivity contribution >= 4 is 0 Å². The Balaban J connectivity index is 2.22. The van der Waals surface area contributed by atoms with E-state index in [1.54, 1.807) is 6.33 Å². The number of hydrogen-bond donors (Lipinski definition) is 1. The maximum atomic E-state index is 4.55. The third kappa shape index (κ3) is 3.22. The van der Waals surface area contributed by atoms with E-state index in [2.05, 4.69) is 46.4 Å². The van der Waals surface area contributed by atoms with Crippen LogP contribution in [0.2, 0.25) is 0 Å². The van der Waals surface area contributed by atoms with Crippen LogP contribution >= 0.6 is 0 Å². The highest BCUT2D eigenvalue weighted by molar-refractivity contribution is 5.26. The van der Waals surface area contributed by atoms with Crippen LogP contribution in [0.5, 0.6) is 0 Å². The second kappa shape index (κ2) is 6.61. The van der Waals surface area contributed by atoms with Crippen molar-refractivity contribution in [1.82, 2.24) is 25.1 Å². The summed E-state index contributed by atoms with van der Waals surface area (Å²) < 4.78 is 1.99. The molecule has 20 heavy (non-hydrogen) atoms. The quantitative estimate of drug-likeness (QED) is 0.876. The number of likely N-dealkylation sites (N-methyl/N-ethyl adjacent to an activating group) is 1. The van der Waals surface area contributed by atoms with Gasteiger partial charge in [0.1, 0.15) is 12.2 Å². The molecule has 5 heteroatoms. The molecule has 1 unspecified atom stereocenters. The molecule has 0 aliphatic heterocycles. The molecule has 0 saturated heterocycles. The van der Waals surface area contributed by atoms with Crippen molar-refractivity contribution in [3.8, 4) is 0 Å². The van der Waals surface area contributed by atoms with E-state index >= 15 is 0 Å². The molecule has 5 nitrogen and oxygen atoms in total. The molecule has 1 N–H and O–H groups in total. The first kappa shape index (κ1) is 14.7. The highest BCUT2D eigenvalue weighted by Gasteiger charge is 2.16. The third-order valence-corrected chi connectivity index (χ3v) is 3.51. The Hall–Kier alpha value is -1.75. The van der Waals surface area contributed by atoms with Crippen molar-refractivity contribution < 1.29 is 0 Å². The van der Waals surface area contributed by atoms with Gasteiger partial charge in [-0.2, -0.15) is 5.10 Å². The van der Waals surface area contributed by atoms with Gasteiger partial charge >= 0.3 is 0 Å². The van der Waals surface area contributed by atoms with Crippen LogP contribution in [0, 0.1) is 13.8 Å². The molecular weight excluding hydrogens is 250 g/mol. The highest BCUT2D eigenvalue weighted by atomic mass is 15.3. The lowest BCUT2D eigenvalue weighted by Crippen LogP contribution is -2.22. The first-order valence-corrected chi connectivity index (χ1v) is 7.13. The zero-order valence-corrected chi connectivity index (χ0v) is 12.7. The molecule has 0 radical (unpaired) electrons. The summed E-state index contributed by atoms with van der Waals surface area (Å²) in [6.07, 6.45) is 3.52. The van der Waals surface area contributed by atoms with E-state index in [0.29, 0.717) is 0 Å². The molecule has 2 rings (SSSR count). The minimum absolute atomic E-state index is 0.211. The van der Waals surface area contributed by atoms with E-state index in [-0.39, 0.29) is 6.04 Å². The summed E-state index contributed by atoms with van der Waals surface area (Å²) >= 11 is 0. The Morgan fingerprint density at radius 1 is 1.30 bits per heavy atom. The normalized spacial score (nSPS) is 12.6. The number of rotatable bonds is 6. The SMILES string of the molecule is CCCn1ncnc1CC(NC)c1ccc(C)nc1C. The Kier molecular flexibility index (Phi) is 4.84. The maximum absolute atomic E-state index is 4.55. The molecule has 0 aromatic carbocycles. The number of nitrogens with one attached hydrogen (secondary N) is 1. The summed E-state index contributed by atoms with van der Waals surface area (Å²) in [6, 6.07) is 4.42. The first-order chi connectivity index (χ1) is 9.65. The predicted octanol–water partition coefficient (Wildman–Crippen LogP) is 2.20. The van der Waals surface area contributed by atoms with Crippen molar-refractivity contribution in [2.75, 3.05) is 7.05 Å². The molecule has 0 fully saturated rings. The average Bonchev–Trinajstić information content (AvgIpc) is 2.84. The van der Waals surface area contributed by atoms with Gasteiger partial charge < -0.3 is 5.32 Å². The standard InChI is InChI=1S/C15H23N5/c1-5-8-20-15(17-10-18-20)9-14(16-4)13-7-6-11(2)19-12(13)3/h6-7,10,14,16H,5,8-9H2,1-4H3. The van der Waals surface area contributed by atoms with Crippen molar-refractivity contribution in [3.63, 3.8) is 0 Å². The molecule has 2 aromatic heterocycles. The van der Waals surface area contributed by atoms with E-state index in [9.17, 15) is 0 Å². The van der Waals surface area contributed by atoms with Gasteiger partial charge in [-0.3, -0.25) is 9.67 Å². The van der Waals surface area contributed by atoms with Gasteiger partial charge in [-0.25, -0.2) is 4.98 Å². The molecule has 108 valence electrons. The molecular formula is C15H23N5. The van der Waals surface area contributed by atoms with Gasteiger partial charge in [0.15, 0.2) is 0 Å². The summed E-state index contributed by atoms with van der Waals surface area (Å²) in [7, 11) is 1.98. The summed E-state index contributed by atoms with van der Waals surface area (Å²) in [5, 5.41) is 7.65. The molecule has 0 bridgehead atoms. The number of aryl methyl sites for hydroxylation is 3. The fourth-order valence-corrected chi connectivity index (χ4v) is 2.46. The molecule has 0 aliphatic rings. The number of pyridine rings is 1. The van der Waals surface area contributed by atoms with Crippen LogP contribution in [-0.4, -0.2) is 26.8 Å². The van der Waals surface area contributed by atoms with Gasteiger partial charge in [0.05, 0.1) is 0 Å². The van der Waals surface area contributed by atoms with Gasteiger partial charge in [0.2, 0.25) is 0 Å². The number of aromatic nitrogens is 4. The minimum atomic E-state index is 0.211. The Labute approximate surface area is 120 Å². The summed E-state index contributed by atoms with van der Waals surface area (Å²) in [5.74, 6) is 1.02. The Morgan fingerprint density at radius 3 is 2.75 bits per heavy atom. The number of nitrogens with zero attached hydrogens (tertiary/aromatic N) is 4. The van der Waals surface area contributed by atoms with Crippen LogP contribution in [0.1, 0.15) is 42.2 Å². The van der Waals surface area contributed by atoms with Crippen LogP contribution in [0.15, 0.2) is 18.5 Å². The topological polar surface area (TPSA) is 55.6 Å². The van der Waals surface area contributed by atoms with Crippen molar-refractivity contribution in [3.05, 3.63) is 41.2 Å². The molecule has 2 heterocycles. The van der Waals surface area contributed by atoms with Gasteiger partial charge in [0, 0.05) is 30.4 Å². The summed E-state index contributed by atoms with van der Waals surface area (Å²) in [5.41, 5.74) is 3.35. The van der Waals surface area contributed by atoms with E-state index in [4.69, 9.17) is 0 Å². The van der Waals surface area contributed by atoms with Crippen molar-refractivity contribution in [2.24, 2.45) is 0 Å². The maximum Gasteiger partial charge on any atom is 0.138 e. The Morgan fingerprint density at radius 2 is 2.10 bits per heavy atom. The van der Waals surface area contributed by atoms with Crippen LogP contribution < -0.4 is 5.32 Å². The number of hydrogen-bond acceptors (Lipinski definition) is 4. The monoisotopic (exact) mass is 273 g/mol. The predicted molar refractivity (Wildman–Crippen MR) is 79.5 cm³/mol. The van der Waals surface area contributed by atoms with Crippen molar-refractivity contribution in [2.45, 2.75) is 46.2 Å².